The van der Waals surface area contributed by atoms with E-state index in [-0.39, 0.29) is 21.8 Å². The van der Waals surface area contributed by atoms with Crippen molar-refractivity contribution in [3.63, 3.8) is 0 Å². The molecule has 1 heterocycles. The van der Waals surface area contributed by atoms with E-state index in [0.717, 1.165) is 4.31 Å². The van der Waals surface area contributed by atoms with Crippen molar-refractivity contribution < 1.29 is 23.1 Å². The highest BCUT2D eigenvalue weighted by Crippen LogP contribution is 2.39. The molecule has 1 amide bonds. The number of likely N-dealkylation sites (N-methyl/N-ethyl adjacent to an activating group) is 1. The maximum absolute atomic E-state index is 12.9. The van der Waals surface area contributed by atoms with Crippen LogP contribution < -0.4 is 0 Å². The Morgan fingerprint density at radius 1 is 0.969 bits per heavy atom. The monoisotopic (exact) mass is 457 g/mol. The molecule has 2 aromatic carbocycles. The number of aliphatic hydroxyl groups excluding tert-OH is 1. The van der Waals surface area contributed by atoms with Crippen LogP contribution in [0.4, 0.5) is 0 Å². The van der Waals surface area contributed by atoms with Crippen LogP contribution in [0.5, 0.6) is 0 Å². The number of carbonyl (C=O) groups excluding carboxylic acids is 2. The molecule has 0 spiro atoms. The first-order chi connectivity index (χ1) is 15.1. The molecule has 0 aliphatic carbocycles. The first-order valence-electron chi connectivity index (χ1n) is 10.1. The van der Waals surface area contributed by atoms with E-state index in [1.807, 2.05) is 37.2 Å². The quantitative estimate of drug-likeness (QED) is 0.388. The van der Waals surface area contributed by atoms with Gasteiger partial charge in [0.25, 0.3) is 11.7 Å². The topological polar surface area (TPSA) is 98.2 Å². The Kier molecular flexibility index (Phi) is 6.82. The molecule has 3 rings (SSSR count). The summed E-state index contributed by atoms with van der Waals surface area (Å²) in [6, 6.07) is 13.9. The van der Waals surface area contributed by atoms with Gasteiger partial charge in [0.15, 0.2) is 0 Å². The van der Waals surface area contributed by atoms with Gasteiger partial charge in [0.2, 0.25) is 10.0 Å². The number of Topliss-reactive ketones (excluding diaryl/α,β-unsaturated/α-hetero) is 1. The Balaban J connectivity index is 2.10. The molecule has 1 fully saturated rings. The summed E-state index contributed by atoms with van der Waals surface area (Å²) in [5, 5.41) is 11.0. The summed E-state index contributed by atoms with van der Waals surface area (Å²) < 4.78 is 25.7. The van der Waals surface area contributed by atoms with Crippen LogP contribution in [-0.2, 0) is 19.6 Å². The molecular formula is C23H27N3O5S. The van der Waals surface area contributed by atoms with Gasteiger partial charge in [0.1, 0.15) is 5.76 Å². The Hall–Kier alpha value is -3.01. The van der Waals surface area contributed by atoms with Gasteiger partial charge in [-0.3, -0.25) is 9.59 Å². The summed E-state index contributed by atoms with van der Waals surface area (Å²) in [6.07, 6.45) is 0. The first kappa shape index (κ1) is 23.6. The van der Waals surface area contributed by atoms with Crippen molar-refractivity contribution in [1.82, 2.24) is 14.1 Å². The van der Waals surface area contributed by atoms with Crippen molar-refractivity contribution in [2.75, 3.05) is 41.3 Å². The second-order valence-electron chi connectivity index (χ2n) is 8.02. The maximum Gasteiger partial charge on any atom is 0.295 e. The summed E-state index contributed by atoms with van der Waals surface area (Å²) in [4.78, 5) is 29.2. The molecule has 170 valence electrons. The predicted molar refractivity (Wildman–Crippen MR) is 121 cm³/mol. The van der Waals surface area contributed by atoms with Gasteiger partial charge in [0, 0.05) is 32.7 Å². The summed E-state index contributed by atoms with van der Waals surface area (Å²) in [7, 11) is 2.97. The number of nitrogens with zero attached hydrogens (tertiary/aromatic N) is 3. The van der Waals surface area contributed by atoms with Crippen LogP contribution in [-0.4, -0.2) is 80.6 Å². The van der Waals surface area contributed by atoms with Crippen LogP contribution >= 0.6 is 0 Å². The van der Waals surface area contributed by atoms with Crippen LogP contribution in [0.15, 0.2) is 65.1 Å². The average Bonchev–Trinajstić information content (AvgIpc) is 3.02. The van der Waals surface area contributed by atoms with Crippen LogP contribution in [0.2, 0.25) is 0 Å². The molecule has 1 saturated heterocycles. The van der Waals surface area contributed by atoms with Crippen molar-refractivity contribution in [1.29, 1.82) is 0 Å². The minimum absolute atomic E-state index is 0.0110. The Bertz CT molecular complexity index is 1140. The summed E-state index contributed by atoms with van der Waals surface area (Å²) in [6.45, 7) is 0.863. The molecule has 1 aliphatic heterocycles. The van der Waals surface area contributed by atoms with Crippen molar-refractivity contribution >= 4 is 27.5 Å². The zero-order valence-corrected chi connectivity index (χ0v) is 19.3. The van der Waals surface area contributed by atoms with Gasteiger partial charge in [-0.25, -0.2) is 12.7 Å². The largest absolute Gasteiger partial charge is 0.507 e. The van der Waals surface area contributed by atoms with E-state index < -0.39 is 27.8 Å². The second-order valence-corrected chi connectivity index (χ2v) is 10.2. The minimum Gasteiger partial charge on any atom is -0.507 e. The Labute approximate surface area is 188 Å². The highest BCUT2D eigenvalue weighted by atomic mass is 32.2. The number of benzene rings is 2. The fourth-order valence-corrected chi connectivity index (χ4v) is 4.45. The highest BCUT2D eigenvalue weighted by Gasteiger charge is 2.45. The van der Waals surface area contributed by atoms with E-state index in [9.17, 15) is 23.1 Å². The normalized spacial score (nSPS) is 18.7. The molecule has 2 aromatic rings. The standard InChI is InChI=1S/C23H27N3O5S/c1-24(2)14-15-26-20(16-8-6-5-7-9-16)19(22(28)23(26)29)21(27)17-10-12-18(13-11-17)32(30,31)25(3)4/h5-13,20,27H,14-15H2,1-4H3/t20-/m0/s1. The van der Waals surface area contributed by atoms with Crippen molar-refractivity contribution in [3.8, 4) is 0 Å². The number of hydrogen-bond donors (Lipinski definition) is 1. The maximum atomic E-state index is 12.9. The minimum atomic E-state index is -3.63. The van der Waals surface area contributed by atoms with E-state index in [1.54, 1.807) is 12.1 Å². The van der Waals surface area contributed by atoms with Crippen LogP contribution in [0, 0.1) is 0 Å². The van der Waals surface area contributed by atoms with Crippen molar-refractivity contribution in [2.24, 2.45) is 0 Å². The summed E-state index contributed by atoms with van der Waals surface area (Å²) >= 11 is 0. The van der Waals surface area contributed by atoms with Crippen LogP contribution in [0.1, 0.15) is 17.2 Å². The van der Waals surface area contributed by atoms with Crippen LogP contribution in [0.3, 0.4) is 0 Å². The van der Waals surface area contributed by atoms with E-state index in [4.69, 9.17) is 0 Å². The number of aliphatic hydroxyl groups is 1. The second kappa shape index (κ2) is 9.23. The Morgan fingerprint density at radius 2 is 1.56 bits per heavy atom. The third kappa shape index (κ3) is 4.45. The summed E-state index contributed by atoms with van der Waals surface area (Å²) in [5.41, 5.74) is 0.955. The molecule has 0 unspecified atom stereocenters. The zero-order valence-electron chi connectivity index (χ0n) is 18.5. The number of hydrogen-bond acceptors (Lipinski definition) is 6. The number of rotatable bonds is 7. The Morgan fingerprint density at radius 3 is 2.09 bits per heavy atom. The lowest BCUT2D eigenvalue weighted by Crippen LogP contribution is -2.35. The molecule has 0 saturated carbocycles. The molecule has 0 aromatic heterocycles. The number of likely N-dealkylation sites (tertiary alicyclic amines) is 1. The van der Waals surface area contributed by atoms with E-state index in [1.165, 1.54) is 43.3 Å². The molecule has 1 atom stereocenters. The zero-order chi connectivity index (χ0) is 23.6. The van der Waals surface area contributed by atoms with Crippen LogP contribution in [0.25, 0.3) is 5.76 Å². The van der Waals surface area contributed by atoms with Gasteiger partial charge in [-0.2, -0.15) is 0 Å². The lowest BCUT2D eigenvalue weighted by atomic mass is 9.95. The number of sulfonamides is 1. The smallest absolute Gasteiger partial charge is 0.295 e. The third-order valence-electron chi connectivity index (χ3n) is 5.35. The van der Waals surface area contributed by atoms with Gasteiger partial charge in [-0.1, -0.05) is 30.3 Å². The highest BCUT2D eigenvalue weighted by molar-refractivity contribution is 7.89. The molecule has 9 heteroatoms. The number of amides is 1. The number of carbonyl (C=O) groups is 2. The summed E-state index contributed by atoms with van der Waals surface area (Å²) in [5.74, 6) is -1.77. The van der Waals surface area contributed by atoms with Gasteiger partial charge in [0.05, 0.1) is 16.5 Å². The van der Waals surface area contributed by atoms with Crippen molar-refractivity contribution in [3.05, 3.63) is 71.3 Å². The van der Waals surface area contributed by atoms with Gasteiger partial charge in [-0.15, -0.1) is 0 Å². The molecule has 1 N–H and O–H groups in total. The van der Waals surface area contributed by atoms with Crippen molar-refractivity contribution in [2.45, 2.75) is 10.9 Å². The average molecular weight is 458 g/mol. The van der Waals surface area contributed by atoms with E-state index in [0.29, 0.717) is 18.7 Å². The molecule has 0 radical (unpaired) electrons. The van der Waals surface area contributed by atoms with Gasteiger partial charge in [-0.05, 0) is 43.9 Å². The molecule has 1 aliphatic rings. The van der Waals surface area contributed by atoms with Gasteiger partial charge >= 0.3 is 0 Å². The van der Waals surface area contributed by atoms with E-state index in [2.05, 4.69) is 0 Å². The van der Waals surface area contributed by atoms with E-state index >= 15 is 0 Å². The SMILES string of the molecule is CN(C)CCN1C(=O)C(=O)C(=C(O)c2ccc(S(=O)(=O)N(C)C)cc2)[C@@H]1c1ccccc1. The molecule has 8 nitrogen and oxygen atoms in total. The molecule has 0 bridgehead atoms. The first-order valence-corrected chi connectivity index (χ1v) is 11.5. The lowest BCUT2D eigenvalue weighted by Gasteiger charge is -2.26. The predicted octanol–water partition coefficient (Wildman–Crippen LogP) is 1.92. The number of ketones is 1. The fourth-order valence-electron chi connectivity index (χ4n) is 3.55. The lowest BCUT2D eigenvalue weighted by molar-refractivity contribution is -0.140. The third-order valence-corrected chi connectivity index (χ3v) is 7.18. The fraction of sp³-hybridized carbons (Fsp3) is 0.304. The molecular weight excluding hydrogens is 430 g/mol. The van der Waals surface area contributed by atoms with Gasteiger partial charge < -0.3 is 14.9 Å². The molecule has 32 heavy (non-hydrogen) atoms.